The first-order valence-corrected chi connectivity index (χ1v) is 5.24. The topological polar surface area (TPSA) is 32.3 Å². The lowest BCUT2D eigenvalue weighted by atomic mass is 9.92. The zero-order valence-corrected chi connectivity index (χ0v) is 9.26. The van der Waals surface area contributed by atoms with Gasteiger partial charge in [0.1, 0.15) is 5.82 Å². The van der Waals surface area contributed by atoms with Gasteiger partial charge in [0.2, 0.25) is 0 Å². The summed E-state index contributed by atoms with van der Waals surface area (Å²) in [5.41, 5.74) is 0.219. The molecular formula is C12H18FNO. The molecule has 0 spiro atoms. The second-order valence-electron chi connectivity index (χ2n) is 3.93. The molecule has 0 saturated carbocycles. The van der Waals surface area contributed by atoms with Gasteiger partial charge < -0.3 is 10.4 Å². The molecule has 1 atom stereocenters. The zero-order chi connectivity index (χ0) is 11.3. The van der Waals surface area contributed by atoms with E-state index in [-0.39, 0.29) is 12.4 Å². The Morgan fingerprint density at radius 3 is 2.73 bits per heavy atom. The van der Waals surface area contributed by atoms with Gasteiger partial charge in [-0.25, -0.2) is 4.39 Å². The van der Waals surface area contributed by atoms with Crippen LogP contribution in [0.25, 0.3) is 0 Å². The van der Waals surface area contributed by atoms with E-state index < -0.39 is 5.54 Å². The van der Waals surface area contributed by atoms with E-state index in [0.29, 0.717) is 0 Å². The summed E-state index contributed by atoms with van der Waals surface area (Å²) in [6.07, 6.45) is 0.977. The normalized spacial score (nSPS) is 14.9. The van der Waals surface area contributed by atoms with Gasteiger partial charge >= 0.3 is 0 Å². The SMILES string of the molecule is CCCNC(C)(CO)c1cccc(F)c1. The van der Waals surface area contributed by atoms with Gasteiger partial charge in [0, 0.05) is 0 Å². The maximum atomic E-state index is 13.0. The summed E-state index contributed by atoms with van der Waals surface area (Å²) in [6, 6.07) is 6.34. The lowest BCUT2D eigenvalue weighted by molar-refractivity contribution is 0.175. The third-order valence-corrected chi connectivity index (χ3v) is 2.54. The molecule has 15 heavy (non-hydrogen) atoms. The van der Waals surface area contributed by atoms with Crippen molar-refractivity contribution in [3.8, 4) is 0 Å². The minimum Gasteiger partial charge on any atom is -0.394 e. The number of aliphatic hydroxyl groups excluding tert-OH is 1. The second kappa shape index (κ2) is 5.24. The van der Waals surface area contributed by atoms with Crippen molar-refractivity contribution in [2.24, 2.45) is 0 Å². The Bertz CT molecular complexity index is 316. The van der Waals surface area contributed by atoms with Crippen LogP contribution in [-0.4, -0.2) is 18.3 Å². The van der Waals surface area contributed by atoms with Crippen molar-refractivity contribution in [1.29, 1.82) is 0 Å². The van der Waals surface area contributed by atoms with E-state index in [4.69, 9.17) is 0 Å². The maximum absolute atomic E-state index is 13.0. The van der Waals surface area contributed by atoms with Crippen LogP contribution in [-0.2, 0) is 5.54 Å². The minimum absolute atomic E-state index is 0.0452. The standard InChI is InChI=1S/C12H18FNO/c1-3-7-14-12(2,9-15)10-5-4-6-11(13)8-10/h4-6,8,14-15H,3,7,9H2,1-2H3. The van der Waals surface area contributed by atoms with Crippen molar-refractivity contribution in [3.63, 3.8) is 0 Å². The molecule has 1 rings (SSSR count). The van der Waals surface area contributed by atoms with E-state index in [2.05, 4.69) is 12.2 Å². The average Bonchev–Trinajstić information content (AvgIpc) is 2.26. The molecule has 0 bridgehead atoms. The van der Waals surface area contributed by atoms with Crippen LogP contribution in [0, 0.1) is 5.82 Å². The monoisotopic (exact) mass is 211 g/mol. The Kier molecular flexibility index (Phi) is 4.24. The van der Waals surface area contributed by atoms with Gasteiger partial charge in [0.15, 0.2) is 0 Å². The first-order chi connectivity index (χ1) is 7.12. The first kappa shape index (κ1) is 12.1. The van der Waals surface area contributed by atoms with E-state index in [9.17, 15) is 9.50 Å². The van der Waals surface area contributed by atoms with Gasteiger partial charge in [-0.3, -0.25) is 0 Å². The Hall–Kier alpha value is -0.930. The van der Waals surface area contributed by atoms with E-state index in [0.717, 1.165) is 18.5 Å². The molecule has 2 N–H and O–H groups in total. The predicted molar refractivity (Wildman–Crippen MR) is 59.1 cm³/mol. The predicted octanol–water partition coefficient (Wildman–Crippen LogP) is 2.03. The van der Waals surface area contributed by atoms with E-state index in [1.165, 1.54) is 12.1 Å². The number of hydrogen-bond acceptors (Lipinski definition) is 2. The average molecular weight is 211 g/mol. The van der Waals surface area contributed by atoms with Crippen molar-refractivity contribution in [2.45, 2.75) is 25.8 Å². The fourth-order valence-corrected chi connectivity index (χ4v) is 1.48. The van der Waals surface area contributed by atoms with Crippen molar-refractivity contribution in [3.05, 3.63) is 35.6 Å². The Morgan fingerprint density at radius 2 is 2.20 bits per heavy atom. The summed E-state index contributed by atoms with van der Waals surface area (Å²) in [5, 5.41) is 12.6. The van der Waals surface area contributed by atoms with Gasteiger partial charge in [-0.15, -0.1) is 0 Å². The fourth-order valence-electron chi connectivity index (χ4n) is 1.48. The highest BCUT2D eigenvalue weighted by atomic mass is 19.1. The molecule has 0 aliphatic rings. The van der Waals surface area contributed by atoms with Crippen LogP contribution in [0.1, 0.15) is 25.8 Å². The number of rotatable bonds is 5. The largest absolute Gasteiger partial charge is 0.394 e. The molecule has 3 heteroatoms. The highest BCUT2D eigenvalue weighted by Crippen LogP contribution is 2.20. The molecule has 0 fully saturated rings. The van der Waals surface area contributed by atoms with Crippen LogP contribution >= 0.6 is 0 Å². The lowest BCUT2D eigenvalue weighted by Gasteiger charge is -2.29. The maximum Gasteiger partial charge on any atom is 0.123 e. The summed E-state index contributed by atoms with van der Waals surface area (Å²) in [5.74, 6) is -0.273. The molecule has 1 aromatic rings. The van der Waals surface area contributed by atoms with Crippen LogP contribution < -0.4 is 5.32 Å². The van der Waals surface area contributed by atoms with Gasteiger partial charge in [0.25, 0.3) is 0 Å². The molecule has 0 aliphatic carbocycles. The number of nitrogens with one attached hydrogen (secondary N) is 1. The van der Waals surface area contributed by atoms with Crippen LogP contribution in [0.2, 0.25) is 0 Å². The molecule has 0 saturated heterocycles. The smallest absolute Gasteiger partial charge is 0.123 e. The lowest BCUT2D eigenvalue weighted by Crippen LogP contribution is -2.43. The molecular weight excluding hydrogens is 193 g/mol. The summed E-state index contributed by atoms with van der Waals surface area (Å²) in [6.45, 7) is 4.68. The number of benzene rings is 1. The molecule has 0 aliphatic heterocycles. The van der Waals surface area contributed by atoms with Crippen LogP contribution in [0.3, 0.4) is 0 Å². The Labute approximate surface area is 90.1 Å². The summed E-state index contributed by atoms with van der Waals surface area (Å²) < 4.78 is 13.0. The second-order valence-corrected chi connectivity index (χ2v) is 3.93. The molecule has 84 valence electrons. The van der Waals surface area contributed by atoms with Crippen LogP contribution in [0.15, 0.2) is 24.3 Å². The van der Waals surface area contributed by atoms with Crippen molar-refractivity contribution in [2.75, 3.05) is 13.2 Å². The highest BCUT2D eigenvalue weighted by molar-refractivity contribution is 5.24. The van der Waals surface area contributed by atoms with E-state index >= 15 is 0 Å². The Balaban J connectivity index is 2.89. The first-order valence-electron chi connectivity index (χ1n) is 5.24. The number of aliphatic hydroxyl groups is 1. The molecule has 0 amide bonds. The molecule has 0 heterocycles. The quantitative estimate of drug-likeness (QED) is 0.781. The molecule has 0 aromatic heterocycles. The molecule has 1 unspecified atom stereocenters. The summed E-state index contributed by atoms with van der Waals surface area (Å²) in [7, 11) is 0. The molecule has 1 aromatic carbocycles. The molecule has 2 nitrogen and oxygen atoms in total. The van der Waals surface area contributed by atoms with E-state index in [1.807, 2.05) is 13.0 Å². The fraction of sp³-hybridized carbons (Fsp3) is 0.500. The van der Waals surface area contributed by atoms with Crippen LogP contribution in [0.5, 0.6) is 0 Å². The minimum atomic E-state index is -0.557. The van der Waals surface area contributed by atoms with Crippen molar-refractivity contribution in [1.82, 2.24) is 5.32 Å². The number of halogens is 1. The zero-order valence-electron chi connectivity index (χ0n) is 9.26. The van der Waals surface area contributed by atoms with Crippen molar-refractivity contribution >= 4 is 0 Å². The summed E-state index contributed by atoms with van der Waals surface area (Å²) >= 11 is 0. The Morgan fingerprint density at radius 1 is 1.47 bits per heavy atom. The third kappa shape index (κ3) is 3.01. The third-order valence-electron chi connectivity index (χ3n) is 2.54. The van der Waals surface area contributed by atoms with Gasteiger partial charge in [-0.1, -0.05) is 19.1 Å². The van der Waals surface area contributed by atoms with Gasteiger partial charge in [-0.05, 0) is 37.6 Å². The van der Waals surface area contributed by atoms with E-state index in [1.54, 1.807) is 6.07 Å². The highest BCUT2D eigenvalue weighted by Gasteiger charge is 2.24. The van der Waals surface area contributed by atoms with Gasteiger partial charge in [0.05, 0.1) is 12.1 Å². The summed E-state index contributed by atoms with van der Waals surface area (Å²) in [4.78, 5) is 0. The van der Waals surface area contributed by atoms with Crippen molar-refractivity contribution < 1.29 is 9.50 Å². The van der Waals surface area contributed by atoms with Gasteiger partial charge in [-0.2, -0.15) is 0 Å². The molecule has 0 radical (unpaired) electrons. The van der Waals surface area contributed by atoms with Crippen LogP contribution in [0.4, 0.5) is 4.39 Å². The number of hydrogen-bond donors (Lipinski definition) is 2.